The fourth-order valence-corrected chi connectivity index (χ4v) is 4.95. The Balaban J connectivity index is 1.59. The normalized spacial score (nSPS) is 12.6. The number of rotatable bonds is 5. The predicted molar refractivity (Wildman–Crippen MR) is 156 cm³/mol. The number of aryl methyl sites for hydroxylation is 2. The molecular weight excluding hydrogens is 514 g/mol. The third kappa shape index (κ3) is 5.40. The zero-order valence-electron chi connectivity index (χ0n) is 22.8. The second kappa shape index (κ2) is 9.89. The van der Waals surface area contributed by atoms with Crippen LogP contribution in [0.25, 0.3) is 33.2 Å². The van der Waals surface area contributed by atoms with Crippen LogP contribution in [0.1, 0.15) is 55.2 Å². The van der Waals surface area contributed by atoms with Gasteiger partial charge in [0, 0.05) is 41.5 Å². The maximum absolute atomic E-state index is 13.3. The van der Waals surface area contributed by atoms with Gasteiger partial charge in [-0.2, -0.15) is 5.10 Å². The molecule has 39 heavy (non-hydrogen) atoms. The van der Waals surface area contributed by atoms with E-state index in [1.807, 2.05) is 78.2 Å². The molecule has 3 aromatic carbocycles. The number of carbonyl (C=O) groups excluding carboxylic acids is 1. The van der Waals surface area contributed by atoms with E-state index in [0.717, 1.165) is 16.5 Å². The fraction of sp³-hybridized carbons (Fsp3) is 0.258. The Morgan fingerprint density at radius 1 is 1.13 bits per heavy atom. The Bertz CT molecular complexity index is 1800. The van der Waals surface area contributed by atoms with Crippen molar-refractivity contribution in [2.45, 2.75) is 46.3 Å². The van der Waals surface area contributed by atoms with Crippen molar-refractivity contribution in [2.75, 3.05) is 5.32 Å². The SMILES string of the molecule is Cc1cc(C(C)Nc2ccccc2C(=O)OC(C)(C)C)c2oc(-c3cc(Cl)c4nn(C)cc4c3)cc(=O)c2c1. The highest BCUT2D eigenvalue weighted by Gasteiger charge is 2.22. The molecule has 2 aromatic heterocycles. The van der Waals surface area contributed by atoms with Gasteiger partial charge in [0.1, 0.15) is 22.5 Å². The molecule has 1 atom stereocenters. The van der Waals surface area contributed by atoms with Crippen LogP contribution in [0.4, 0.5) is 5.69 Å². The first-order chi connectivity index (χ1) is 18.4. The Morgan fingerprint density at radius 2 is 1.87 bits per heavy atom. The summed E-state index contributed by atoms with van der Waals surface area (Å²) in [6.45, 7) is 9.41. The highest BCUT2D eigenvalue weighted by Crippen LogP contribution is 2.34. The summed E-state index contributed by atoms with van der Waals surface area (Å²) >= 11 is 6.51. The highest BCUT2D eigenvalue weighted by molar-refractivity contribution is 6.35. The highest BCUT2D eigenvalue weighted by atomic mass is 35.5. The zero-order chi connectivity index (χ0) is 28.1. The van der Waals surface area contributed by atoms with Gasteiger partial charge in [-0.15, -0.1) is 0 Å². The lowest BCUT2D eigenvalue weighted by Crippen LogP contribution is -2.24. The van der Waals surface area contributed by atoms with Crippen molar-refractivity contribution in [3.05, 3.63) is 92.7 Å². The quantitative estimate of drug-likeness (QED) is 0.232. The number of halogens is 1. The maximum atomic E-state index is 13.3. The van der Waals surface area contributed by atoms with E-state index >= 15 is 0 Å². The molecule has 0 spiro atoms. The number of hydrogen-bond acceptors (Lipinski definition) is 6. The largest absolute Gasteiger partial charge is 0.456 e. The molecule has 5 rings (SSSR count). The molecule has 2 heterocycles. The van der Waals surface area contributed by atoms with E-state index in [0.29, 0.717) is 44.1 Å². The van der Waals surface area contributed by atoms with Crippen LogP contribution in [0.2, 0.25) is 5.02 Å². The van der Waals surface area contributed by atoms with Crippen LogP contribution >= 0.6 is 11.6 Å². The Hall–Kier alpha value is -4.10. The summed E-state index contributed by atoms with van der Waals surface area (Å²) in [4.78, 5) is 26.2. The van der Waals surface area contributed by atoms with Gasteiger partial charge in [0.25, 0.3) is 0 Å². The molecule has 7 nitrogen and oxygen atoms in total. The molecule has 0 amide bonds. The summed E-state index contributed by atoms with van der Waals surface area (Å²) in [7, 11) is 1.83. The van der Waals surface area contributed by atoms with Crippen LogP contribution in [0.5, 0.6) is 0 Å². The number of hydrogen-bond donors (Lipinski definition) is 1. The lowest BCUT2D eigenvalue weighted by Gasteiger charge is -2.22. The van der Waals surface area contributed by atoms with Crippen LogP contribution in [-0.4, -0.2) is 21.4 Å². The van der Waals surface area contributed by atoms with Crippen LogP contribution in [0.3, 0.4) is 0 Å². The number of benzene rings is 3. The van der Waals surface area contributed by atoms with Crippen molar-refractivity contribution in [3.8, 4) is 11.3 Å². The zero-order valence-corrected chi connectivity index (χ0v) is 23.5. The van der Waals surface area contributed by atoms with Gasteiger partial charge < -0.3 is 14.5 Å². The molecule has 8 heteroatoms. The molecule has 0 aliphatic heterocycles. The molecular formula is C31H30ClN3O4. The number of anilines is 1. The average Bonchev–Trinajstić information content (AvgIpc) is 3.24. The van der Waals surface area contributed by atoms with Crippen LogP contribution in [0, 0.1) is 6.92 Å². The van der Waals surface area contributed by atoms with E-state index in [2.05, 4.69) is 10.4 Å². The molecule has 0 radical (unpaired) electrons. The maximum Gasteiger partial charge on any atom is 0.340 e. The van der Waals surface area contributed by atoms with Crippen LogP contribution in [0.15, 0.2) is 70.0 Å². The molecule has 0 aliphatic rings. The third-order valence-electron chi connectivity index (χ3n) is 6.35. The van der Waals surface area contributed by atoms with E-state index in [-0.39, 0.29) is 11.5 Å². The lowest BCUT2D eigenvalue weighted by atomic mass is 10.00. The van der Waals surface area contributed by atoms with E-state index in [4.69, 9.17) is 20.8 Å². The van der Waals surface area contributed by atoms with Gasteiger partial charge in [-0.3, -0.25) is 9.48 Å². The topological polar surface area (TPSA) is 86.4 Å². The van der Waals surface area contributed by atoms with E-state index in [9.17, 15) is 9.59 Å². The molecule has 0 fully saturated rings. The van der Waals surface area contributed by atoms with Crippen molar-refractivity contribution in [1.82, 2.24) is 9.78 Å². The minimum absolute atomic E-state index is 0.153. The van der Waals surface area contributed by atoms with Crippen LogP contribution < -0.4 is 10.7 Å². The van der Waals surface area contributed by atoms with Gasteiger partial charge >= 0.3 is 5.97 Å². The van der Waals surface area contributed by atoms with Crippen molar-refractivity contribution in [2.24, 2.45) is 7.05 Å². The lowest BCUT2D eigenvalue weighted by molar-refractivity contribution is 0.00706. The number of carbonyl (C=O) groups is 1. The number of nitrogens with zero attached hydrogens (tertiary/aromatic N) is 2. The average molecular weight is 544 g/mol. The number of fused-ring (bicyclic) bond motifs is 2. The summed E-state index contributed by atoms with van der Waals surface area (Å²) in [6, 6.07) is 15.9. The molecule has 0 saturated carbocycles. The Kier molecular flexibility index (Phi) is 6.72. The fourth-order valence-electron chi connectivity index (χ4n) is 4.68. The van der Waals surface area contributed by atoms with Crippen molar-refractivity contribution in [1.29, 1.82) is 0 Å². The Morgan fingerprint density at radius 3 is 2.62 bits per heavy atom. The van der Waals surface area contributed by atoms with Gasteiger partial charge in [0.15, 0.2) is 5.43 Å². The monoisotopic (exact) mass is 543 g/mol. The van der Waals surface area contributed by atoms with E-state index < -0.39 is 11.6 Å². The first-order valence-corrected chi connectivity index (χ1v) is 13.1. The molecule has 0 aliphatic carbocycles. The van der Waals surface area contributed by atoms with Crippen molar-refractivity contribution >= 4 is 45.1 Å². The molecule has 0 saturated heterocycles. The minimum atomic E-state index is -0.621. The van der Waals surface area contributed by atoms with E-state index in [1.54, 1.807) is 22.9 Å². The summed E-state index contributed by atoms with van der Waals surface area (Å²) in [6.07, 6.45) is 1.87. The molecule has 0 bridgehead atoms. The van der Waals surface area contributed by atoms with E-state index in [1.165, 1.54) is 6.07 Å². The number of nitrogens with one attached hydrogen (secondary N) is 1. The predicted octanol–water partition coefficient (Wildman–Crippen LogP) is 7.44. The van der Waals surface area contributed by atoms with Gasteiger partial charge in [-0.1, -0.05) is 29.8 Å². The molecule has 1 unspecified atom stereocenters. The van der Waals surface area contributed by atoms with Gasteiger partial charge in [-0.25, -0.2) is 4.79 Å². The number of para-hydroxylation sites is 1. The third-order valence-corrected chi connectivity index (χ3v) is 6.64. The van der Waals surface area contributed by atoms with Gasteiger partial charge in [0.2, 0.25) is 0 Å². The second-order valence-electron chi connectivity index (χ2n) is 10.8. The summed E-state index contributed by atoms with van der Waals surface area (Å²) in [5, 5.41) is 9.63. The summed E-state index contributed by atoms with van der Waals surface area (Å²) in [5.74, 6) is -0.00463. The van der Waals surface area contributed by atoms with Gasteiger partial charge in [-0.05, 0) is 70.5 Å². The number of aromatic nitrogens is 2. The minimum Gasteiger partial charge on any atom is -0.456 e. The first-order valence-electron chi connectivity index (χ1n) is 12.7. The summed E-state index contributed by atoms with van der Waals surface area (Å²) < 4.78 is 13.7. The molecule has 5 aromatic rings. The van der Waals surface area contributed by atoms with Crippen LogP contribution in [-0.2, 0) is 11.8 Å². The number of ether oxygens (including phenoxy) is 1. The standard InChI is InChI=1S/C31H30ClN3O4/c1-17-11-22(18(2)33-25-10-8-7-9-21(25)30(37)39-31(3,4)5)29-23(12-17)26(36)15-27(38-29)19-13-20-16-35(6)34-28(20)24(32)14-19/h7-16,18,33H,1-6H3. The number of esters is 1. The first kappa shape index (κ1) is 26.5. The van der Waals surface area contributed by atoms with Crippen molar-refractivity contribution in [3.63, 3.8) is 0 Å². The molecule has 1 N–H and O–H groups in total. The van der Waals surface area contributed by atoms with Gasteiger partial charge in [0.05, 0.1) is 22.0 Å². The second-order valence-corrected chi connectivity index (χ2v) is 11.2. The summed E-state index contributed by atoms with van der Waals surface area (Å²) in [5.41, 5.74) is 3.83. The smallest absolute Gasteiger partial charge is 0.340 e. The van der Waals surface area contributed by atoms with Crippen molar-refractivity contribution < 1.29 is 13.9 Å². The molecule has 200 valence electrons. The Labute approximate surface area is 231 Å².